The summed E-state index contributed by atoms with van der Waals surface area (Å²) >= 11 is 9.71. The van der Waals surface area contributed by atoms with Crippen LogP contribution in [0.2, 0.25) is 0 Å². The third kappa shape index (κ3) is 3.01. The second-order valence-corrected chi connectivity index (χ2v) is 5.00. The van der Waals surface area contributed by atoms with Crippen LogP contribution in [0.1, 0.15) is 0 Å². The predicted molar refractivity (Wildman–Crippen MR) is 46.1 cm³/mol. The van der Waals surface area contributed by atoms with Crippen LogP contribution in [0.3, 0.4) is 0 Å². The van der Waals surface area contributed by atoms with Gasteiger partial charge in [0.2, 0.25) is 0 Å². The Bertz CT molecular complexity index is 326. The number of nitrogens with one attached hydrogen (secondary N) is 1. The topological polar surface area (TPSA) is 15.8 Å². The number of H-pyrrole nitrogens is 1. The first-order chi connectivity index (χ1) is 4.30. The van der Waals surface area contributed by atoms with E-state index in [0.29, 0.717) is 0 Å². The minimum absolute atomic E-state index is 0. The van der Waals surface area contributed by atoms with Gasteiger partial charge in [0.25, 0.3) is 0 Å². The molecule has 1 N–H and O–H groups in total. The summed E-state index contributed by atoms with van der Waals surface area (Å²) < 4.78 is 0.947. The Hall–Kier alpha value is 0.433. The van der Waals surface area contributed by atoms with Crippen molar-refractivity contribution in [3.63, 3.8) is 0 Å². The van der Waals surface area contributed by atoms with E-state index in [1.807, 2.05) is 24.4 Å². The van der Waals surface area contributed by atoms with Crippen molar-refractivity contribution in [2.45, 2.75) is 0 Å². The van der Waals surface area contributed by atoms with Crippen LogP contribution in [-0.4, -0.2) is 4.98 Å². The van der Waals surface area contributed by atoms with Crippen molar-refractivity contribution >= 4 is 30.0 Å². The molecule has 0 aliphatic heterocycles. The van der Waals surface area contributed by atoms with Crippen molar-refractivity contribution in [2.24, 2.45) is 0 Å². The normalized spacial score (nSPS) is 8.00. The maximum atomic E-state index is 4.86. The molecule has 10 heavy (non-hydrogen) atoms. The Kier molecular flexibility index (Phi) is 5.35. The fourth-order valence-corrected chi connectivity index (χ4v) is 1.46. The van der Waals surface area contributed by atoms with Crippen molar-refractivity contribution < 1.29 is 19.5 Å². The van der Waals surface area contributed by atoms with Crippen LogP contribution in [0.4, 0.5) is 0 Å². The van der Waals surface area contributed by atoms with E-state index in [4.69, 9.17) is 22.4 Å². The molecule has 0 bridgehead atoms. The van der Waals surface area contributed by atoms with Gasteiger partial charge in [0.15, 0.2) is 0 Å². The number of rotatable bonds is 0. The quantitative estimate of drug-likeness (QED) is 0.540. The third-order valence-corrected chi connectivity index (χ3v) is 2.55. The Morgan fingerprint density at radius 2 is 2.00 bits per heavy atom. The van der Waals surface area contributed by atoms with E-state index >= 15 is 0 Å². The molecule has 0 saturated heterocycles. The minimum atomic E-state index is -0.468. The first kappa shape index (κ1) is 10.4. The van der Waals surface area contributed by atoms with E-state index < -0.39 is 7.60 Å². The van der Waals surface area contributed by atoms with E-state index in [0.717, 1.165) is 4.64 Å². The number of hydrogen-bond acceptors (Lipinski definition) is 2. The summed E-state index contributed by atoms with van der Waals surface area (Å²) in [6.45, 7) is 0. The Balaban J connectivity index is 0.000000810. The van der Waals surface area contributed by atoms with Gasteiger partial charge in [-0.3, -0.25) is 0 Å². The minimum Gasteiger partial charge on any atom is -0.353 e. The molecule has 1 aromatic heterocycles. The maximum Gasteiger partial charge on any atom is 0.104 e. The van der Waals surface area contributed by atoms with Crippen LogP contribution in [-0.2, 0) is 49.5 Å². The summed E-state index contributed by atoms with van der Waals surface area (Å²) in [5.41, 5.74) is 0. The zero-order chi connectivity index (χ0) is 6.69. The summed E-state index contributed by atoms with van der Waals surface area (Å²) in [6, 6.07) is 5.73. The average Bonchev–Trinajstić information content (AvgIpc) is 1.90. The van der Waals surface area contributed by atoms with Gasteiger partial charge in [0, 0.05) is 25.7 Å². The number of hydrogen-bond donors (Lipinski definition) is 1. The molecule has 0 amide bonds. The monoisotopic (exact) mass is 239 g/mol. The molecule has 0 aromatic carbocycles. The molecule has 0 saturated carbocycles. The molecule has 1 aromatic rings. The van der Waals surface area contributed by atoms with Crippen molar-refractivity contribution in [2.75, 3.05) is 0 Å². The first-order valence-corrected chi connectivity index (χ1v) is 5.44. The van der Waals surface area contributed by atoms with Gasteiger partial charge in [-0.2, -0.15) is 0 Å². The summed E-state index contributed by atoms with van der Waals surface area (Å²) in [5.74, 6) is 0. The van der Waals surface area contributed by atoms with E-state index in [2.05, 4.69) is 4.98 Å². The molecule has 1 rings (SSSR count). The molecule has 0 atom stereocenters. The number of aromatic amines is 1. The van der Waals surface area contributed by atoms with E-state index in [9.17, 15) is 0 Å². The van der Waals surface area contributed by atoms with Gasteiger partial charge in [-0.15, -0.1) is 0 Å². The number of pyridine rings is 1. The van der Waals surface area contributed by atoms with Gasteiger partial charge in [-0.25, -0.2) is 0 Å². The second kappa shape index (κ2) is 5.13. The summed E-state index contributed by atoms with van der Waals surface area (Å²) in [4.78, 5) is 2.97. The van der Waals surface area contributed by atoms with Crippen molar-refractivity contribution in [1.82, 2.24) is 4.98 Å². The smallest absolute Gasteiger partial charge is 0.104 e. The zero-order valence-corrected chi connectivity index (χ0v) is 10.7. The van der Waals surface area contributed by atoms with Gasteiger partial charge < -0.3 is 4.98 Å². The van der Waals surface area contributed by atoms with Crippen LogP contribution in [0.5, 0.6) is 0 Å². The van der Waals surface area contributed by atoms with Crippen LogP contribution >= 0.6 is 0 Å². The Morgan fingerprint density at radius 3 is 2.30 bits per heavy atom. The van der Waals surface area contributed by atoms with Gasteiger partial charge in [0.05, 0.1) is 0 Å². The standard InChI is InChI=1S/C5H5NS3.Zn/c7-9(8)5-3-1-2-4-6-5;/h1-4,6H;. The van der Waals surface area contributed by atoms with Crippen molar-refractivity contribution in [3.8, 4) is 0 Å². The van der Waals surface area contributed by atoms with E-state index in [1.165, 1.54) is 0 Å². The fraction of sp³-hybridized carbons (Fsp3) is 0. The molecule has 1 nitrogen and oxygen atoms in total. The number of aromatic nitrogens is 1. The molecule has 50 valence electrons. The molecular formula is C5H5NS3Zn. The zero-order valence-electron chi connectivity index (χ0n) is 5.24. The summed E-state index contributed by atoms with van der Waals surface area (Å²) in [5, 5.41) is 0. The van der Waals surface area contributed by atoms with Crippen LogP contribution < -0.4 is 0 Å². The fourth-order valence-electron chi connectivity index (χ4n) is 0.481. The van der Waals surface area contributed by atoms with Crippen molar-refractivity contribution in [3.05, 3.63) is 29.0 Å². The first-order valence-electron chi connectivity index (χ1n) is 2.36. The molecule has 0 radical (unpaired) electrons. The molecule has 0 aliphatic carbocycles. The van der Waals surface area contributed by atoms with Gasteiger partial charge in [0.1, 0.15) is 4.64 Å². The second-order valence-electron chi connectivity index (χ2n) is 1.46. The molecule has 0 unspecified atom stereocenters. The van der Waals surface area contributed by atoms with Crippen molar-refractivity contribution in [1.29, 1.82) is 0 Å². The molecule has 0 aliphatic rings. The molecule has 0 spiro atoms. The van der Waals surface area contributed by atoms with Gasteiger partial charge in [-0.1, -0.05) is 6.07 Å². The van der Waals surface area contributed by atoms with Gasteiger partial charge >= 0.3 is 0 Å². The average molecular weight is 241 g/mol. The summed E-state index contributed by atoms with van der Waals surface area (Å²) in [7, 11) is -0.468. The largest absolute Gasteiger partial charge is 0.353 e. The Labute approximate surface area is 83.0 Å². The Morgan fingerprint density at radius 1 is 1.30 bits per heavy atom. The van der Waals surface area contributed by atoms with Crippen LogP contribution in [0, 0.1) is 4.64 Å². The molecular weight excluding hydrogens is 236 g/mol. The van der Waals surface area contributed by atoms with E-state index in [1.54, 1.807) is 0 Å². The maximum absolute atomic E-state index is 4.86. The summed E-state index contributed by atoms with van der Waals surface area (Å²) in [6.07, 6.45) is 1.83. The molecule has 5 heteroatoms. The predicted octanol–water partition coefficient (Wildman–Crippen LogP) is 1.09. The molecule has 0 fully saturated rings. The van der Waals surface area contributed by atoms with Gasteiger partial charge in [-0.05, 0) is 42.1 Å². The third-order valence-electron chi connectivity index (χ3n) is 0.860. The molecule has 1 heterocycles. The van der Waals surface area contributed by atoms with Crippen LogP contribution in [0.25, 0.3) is 0 Å². The van der Waals surface area contributed by atoms with E-state index in [-0.39, 0.29) is 19.5 Å². The SMILES string of the molecule is S=S(=S)=c1cccc[nH]1.[Zn]. The van der Waals surface area contributed by atoms with Crippen LogP contribution in [0.15, 0.2) is 24.4 Å².